The van der Waals surface area contributed by atoms with Crippen molar-refractivity contribution in [3.05, 3.63) is 58.8 Å². The maximum absolute atomic E-state index is 12.8. The fourth-order valence-electron chi connectivity index (χ4n) is 4.57. The lowest BCUT2D eigenvalue weighted by atomic mass is 9.97. The van der Waals surface area contributed by atoms with Gasteiger partial charge in [-0.15, -0.1) is 0 Å². The number of para-hydroxylation sites is 2. The van der Waals surface area contributed by atoms with E-state index in [0.29, 0.717) is 11.6 Å². The van der Waals surface area contributed by atoms with Gasteiger partial charge in [0.2, 0.25) is 5.91 Å². The van der Waals surface area contributed by atoms with Gasteiger partial charge in [0.15, 0.2) is 0 Å². The molecule has 1 N–H and O–H groups in total. The van der Waals surface area contributed by atoms with Crippen LogP contribution in [0.2, 0.25) is 0 Å². The summed E-state index contributed by atoms with van der Waals surface area (Å²) in [5, 5.41) is 14.1. The molecule has 2 aromatic rings. The van der Waals surface area contributed by atoms with Gasteiger partial charge in [0, 0.05) is 58.1 Å². The number of piperidine rings is 1. The Morgan fingerprint density at radius 1 is 1.09 bits per heavy atom. The van der Waals surface area contributed by atoms with E-state index in [-0.39, 0.29) is 18.1 Å². The molecule has 0 aliphatic carbocycles. The SMILES string of the molecule is O=C(CNc1ccccc1[N+](=O)[O-])N1CCCC(CN2CCN(c3ccccn3)CC2)C1. The second kappa shape index (κ2) is 10.4. The Balaban J connectivity index is 1.24. The largest absolute Gasteiger partial charge is 0.371 e. The standard InChI is InChI=1S/C23H30N6O3/c30-23(16-25-20-7-1-2-8-21(20)29(31)32)28-11-5-6-19(18-28)17-26-12-14-27(15-13-26)22-9-3-4-10-24-22/h1-4,7-10,19,25H,5-6,11-18H2. The topological polar surface area (TPSA) is 94.8 Å². The molecule has 9 nitrogen and oxygen atoms in total. The van der Waals surface area contributed by atoms with Crippen LogP contribution in [0.3, 0.4) is 0 Å². The van der Waals surface area contributed by atoms with E-state index in [0.717, 1.165) is 64.5 Å². The summed E-state index contributed by atoms with van der Waals surface area (Å²) in [6, 6.07) is 12.4. The van der Waals surface area contributed by atoms with Crippen molar-refractivity contribution < 1.29 is 9.72 Å². The number of piperazine rings is 1. The lowest BCUT2D eigenvalue weighted by Crippen LogP contribution is -2.50. The summed E-state index contributed by atoms with van der Waals surface area (Å²) in [4.78, 5) is 34.6. The number of nitro benzene ring substituents is 1. The van der Waals surface area contributed by atoms with Gasteiger partial charge in [-0.1, -0.05) is 18.2 Å². The molecule has 3 heterocycles. The van der Waals surface area contributed by atoms with Crippen molar-refractivity contribution in [2.24, 2.45) is 5.92 Å². The van der Waals surface area contributed by atoms with E-state index in [2.05, 4.69) is 26.2 Å². The number of aromatic nitrogens is 1. The number of carbonyl (C=O) groups excluding carboxylic acids is 1. The van der Waals surface area contributed by atoms with Gasteiger partial charge in [-0.25, -0.2) is 4.98 Å². The van der Waals surface area contributed by atoms with E-state index in [4.69, 9.17) is 0 Å². The molecule has 0 saturated carbocycles. The van der Waals surface area contributed by atoms with Gasteiger partial charge in [-0.2, -0.15) is 0 Å². The summed E-state index contributed by atoms with van der Waals surface area (Å²) in [6.45, 7) is 6.50. The third kappa shape index (κ3) is 5.53. The molecule has 2 aliphatic rings. The molecule has 32 heavy (non-hydrogen) atoms. The predicted molar refractivity (Wildman–Crippen MR) is 124 cm³/mol. The van der Waals surface area contributed by atoms with Crippen molar-refractivity contribution in [3.8, 4) is 0 Å². The molecule has 9 heteroatoms. The summed E-state index contributed by atoms with van der Waals surface area (Å²) >= 11 is 0. The van der Waals surface area contributed by atoms with Crippen LogP contribution in [-0.4, -0.2) is 78.0 Å². The van der Waals surface area contributed by atoms with Crippen molar-refractivity contribution >= 4 is 23.1 Å². The van der Waals surface area contributed by atoms with Crippen LogP contribution in [-0.2, 0) is 4.79 Å². The first-order valence-electron chi connectivity index (χ1n) is 11.2. The van der Waals surface area contributed by atoms with Gasteiger partial charge in [-0.3, -0.25) is 19.8 Å². The second-order valence-corrected chi connectivity index (χ2v) is 8.45. The smallest absolute Gasteiger partial charge is 0.292 e. The van der Waals surface area contributed by atoms with Crippen LogP contribution < -0.4 is 10.2 Å². The minimum absolute atomic E-state index is 0.00665. The lowest BCUT2D eigenvalue weighted by molar-refractivity contribution is -0.383. The van der Waals surface area contributed by atoms with Crippen LogP contribution in [0.5, 0.6) is 0 Å². The number of amides is 1. The maximum atomic E-state index is 12.8. The fourth-order valence-corrected chi connectivity index (χ4v) is 4.57. The number of likely N-dealkylation sites (tertiary alicyclic amines) is 1. The highest BCUT2D eigenvalue weighted by Crippen LogP contribution is 2.24. The van der Waals surface area contributed by atoms with Gasteiger partial charge in [0.1, 0.15) is 11.5 Å². The number of anilines is 2. The number of hydrogen-bond acceptors (Lipinski definition) is 7. The minimum atomic E-state index is -0.433. The summed E-state index contributed by atoms with van der Waals surface area (Å²) in [6.07, 6.45) is 3.96. The Morgan fingerprint density at radius 2 is 1.88 bits per heavy atom. The summed E-state index contributed by atoms with van der Waals surface area (Å²) < 4.78 is 0. The molecule has 4 rings (SSSR count). The van der Waals surface area contributed by atoms with Crippen LogP contribution in [0.4, 0.5) is 17.2 Å². The first-order chi connectivity index (χ1) is 15.6. The molecule has 0 bridgehead atoms. The summed E-state index contributed by atoms with van der Waals surface area (Å²) in [5.41, 5.74) is 0.367. The van der Waals surface area contributed by atoms with Gasteiger partial charge in [-0.05, 0) is 37.0 Å². The number of pyridine rings is 1. The first kappa shape index (κ1) is 22.0. The Kier molecular flexibility index (Phi) is 7.16. The number of nitrogens with zero attached hydrogens (tertiary/aromatic N) is 5. The fraction of sp³-hybridized carbons (Fsp3) is 0.478. The molecule has 1 aromatic carbocycles. The molecule has 1 atom stereocenters. The Bertz CT molecular complexity index is 917. The third-order valence-electron chi connectivity index (χ3n) is 6.26. The quantitative estimate of drug-likeness (QED) is 0.524. The van der Waals surface area contributed by atoms with Crippen molar-refractivity contribution in [3.63, 3.8) is 0 Å². The van der Waals surface area contributed by atoms with Crippen LogP contribution >= 0.6 is 0 Å². The minimum Gasteiger partial charge on any atom is -0.371 e. The molecule has 2 saturated heterocycles. The van der Waals surface area contributed by atoms with E-state index < -0.39 is 4.92 Å². The number of rotatable bonds is 7. The summed E-state index contributed by atoms with van der Waals surface area (Å²) in [5.74, 6) is 1.49. The first-order valence-corrected chi connectivity index (χ1v) is 11.2. The van der Waals surface area contributed by atoms with Crippen LogP contribution in [0, 0.1) is 16.0 Å². The van der Waals surface area contributed by atoms with E-state index in [1.165, 1.54) is 6.07 Å². The number of hydrogen-bond donors (Lipinski definition) is 1. The molecule has 2 aliphatic heterocycles. The monoisotopic (exact) mass is 438 g/mol. The van der Waals surface area contributed by atoms with Gasteiger partial charge in [0.05, 0.1) is 11.5 Å². The molecular weight excluding hydrogens is 408 g/mol. The third-order valence-corrected chi connectivity index (χ3v) is 6.26. The molecule has 170 valence electrons. The number of benzene rings is 1. The van der Waals surface area contributed by atoms with Gasteiger partial charge < -0.3 is 15.1 Å². The maximum Gasteiger partial charge on any atom is 0.292 e. The molecule has 1 aromatic heterocycles. The van der Waals surface area contributed by atoms with Crippen LogP contribution in [0.15, 0.2) is 48.7 Å². The second-order valence-electron chi connectivity index (χ2n) is 8.45. The average Bonchev–Trinajstić information content (AvgIpc) is 2.84. The van der Waals surface area contributed by atoms with E-state index in [1.807, 2.05) is 23.2 Å². The molecule has 0 radical (unpaired) electrons. The lowest BCUT2D eigenvalue weighted by Gasteiger charge is -2.39. The van der Waals surface area contributed by atoms with E-state index in [1.54, 1.807) is 18.2 Å². The highest BCUT2D eigenvalue weighted by atomic mass is 16.6. The number of carbonyl (C=O) groups is 1. The predicted octanol–water partition coefficient (Wildman–Crippen LogP) is 2.46. The van der Waals surface area contributed by atoms with Crippen LogP contribution in [0.25, 0.3) is 0 Å². The zero-order valence-corrected chi connectivity index (χ0v) is 18.2. The highest BCUT2D eigenvalue weighted by Gasteiger charge is 2.27. The van der Waals surface area contributed by atoms with Crippen molar-refractivity contribution in [1.29, 1.82) is 0 Å². The molecule has 0 spiro atoms. The van der Waals surface area contributed by atoms with Crippen molar-refractivity contribution in [2.45, 2.75) is 12.8 Å². The van der Waals surface area contributed by atoms with Gasteiger partial charge >= 0.3 is 0 Å². The molecule has 1 amide bonds. The van der Waals surface area contributed by atoms with E-state index in [9.17, 15) is 14.9 Å². The normalized spacial score (nSPS) is 19.6. The molecular formula is C23H30N6O3. The molecule has 1 unspecified atom stereocenters. The number of nitrogens with one attached hydrogen (secondary N) is 1. The van der Waals surface area contributed by atoms with Crippen molar-refractivity contribution in [1.82, 2.24) is 14.8 Å². The Labute approximate surface area is 188 Å². The highest BCUT2D eigenvalue weighted by molar-refractivity contribution is 5.82. The summed E-state index contributed by atoms with van der Waals surface area (Å²) in [7, 11) is 0. The molecule has 2 fully saturated rings. The van der Waals surface area contributed by atoms with E-state index >= 15 is 0 Å². The zero-order chi connectivity index (χ0) is 22.3. The van der Waals surface area contributed by atoms with Gasteiger partial charge in [0.25, 0.3) is 5.69 Å². The zero-order valence-electron chi connectivity index (χ0n) is 18.2. The Hall–Kier alpha value is -3.20. The van der Waals surface area contributed by atoms with Crippen molar-refractivity contribution in [2.75, 3.05) is 62.6 Å². The Morgan fingerprint density at radius 3 is 2.62 bits per heavy atom. The average molecular weight is 439 g/mol. The number of nitro groups is 1. The van der Waals surface area contributed by atoms with Crippen LogP contribution in [0.1, 0.15) is 12.8 Å².